The van der Waals surface area contributed by atoms with E-state index in [-0.39, 0.29) is 23.0 Å². The van der Waals surface area contributed by atoms with Gasteiger partial charge in [-0.2, -0.15) is 0 Å². The first-order valence-electron chi connectivity index (χ1n) is 9.95. The predicted molar refractivity (Wildman–Crippen MR) is 118 cm³/mol. The van der Waals surface area contributed by atoms with Crippen LogP contribution in [0.15, 0.2) is 54.6 Å². The summed E-state index contributed by atoms with van der Waals surface area (Å²) in [5, 5.41) is 0.764. The highest BCUT2D eigenvalue weighted by Crippen LogP contribution is 2.36. The average molecular weight is 432 g/mol. The first-order chi connectivity index (χ1) is 14.1. The van der Waals surface area contributed by atoms with E-state index in [1.807, 2.05) is 54.3 Å². The number of nitrogens with zero attached hydrogens (tertiary/aromatic N) is 1. The third kappa shape index (κ3) is 6.00. The van der Waals surface area contributed by atoms with Crippen LogP contribution >= 0.6 is 23.4 Å². The average Bonchev–Trinajstić information content (AvgIpc) is 2.76. The lowest BCUT2D eigenvalue weighted by atomic mass is 9.97. The summed E-state index contributed by atoms with van der Waals surface area (Å²) in [6, 6.07) is 18.0. The smallest absolute Gasteiger partial charge is 0.309 e. The first kappa shape index (κ1) is 21.7. The molecule has 3 rings (SSSR count). The third-order valence-electron chi connectivity index (χ3n) is 5.12. The van der Waals surface area contributed by atoms with E-state index >= 15 is 0 Å². The number of carbonyl (C=O) groups is 2. The van der Waals surface area contributed by atoms with E-state index in [0.29, 0.717) is 43.3 Å². The fourth-order valence-corrected chi connectivity index (χ4v) is 4.84. The Labute approximate surface area is 181 Å². The zero-order chi connectivity index (χ0) is 20.6. The van der Waals surface area contributed by atoms with Gasteiger partial charge in [-0.25, -0.2) is 0 Å². The van der Waals surface area contributed by atoms with Crippen molar-refractivity contribution in [1.82, 2.24) is 4.90 Å². The molecule has 1 heterocycles. The van der Waals surface area contributed by atoms with Crippen LogP contribution in [0, 0.1) is 5.92 Å². The summed E-state index contributed by atoms with van der Waals surface area (Å²) in [5.41, 5.74) is 2.29. The maximum absolute atomic E-state index is 12.8. The molecule has 4 nitrogen and oxygen atoms in total. The van der Waals surface area contributed by atoms with Gasteiger partial charge in [0.25, 0.3) is 0 Å². The van der Waals surface area contributed by atoms with Crippen LogP contribution in [0.25, 0.3) is 0 Å². The first-order valence-corrected chi connectivity index (χ1v) is 11.4. The summed E-state index contributed by atoms with van der Waals surface area (Å²) in [5.74, 6) is 0.289. The van der Waals surface area contributed by atoms with Crippen LogP contribution in [-0.2, 0) is 14.3 Å². The number of hydrogen-bond donors (Lipinski definition) is 0. The number of piperidine rings is 1. The van der Waals surface area contributed by atoms with Crippen molar-refractivity contribution in [3.63, 3.8) is 0 Å². The number of esters is 1. The molecule has 0 bridgehead atoms. The van der Waals surface area contributed by atoms with Crippen molar-refractivity contribution < 1.29 is 14.3 Å². The molecule has 0 radical (unpaired) electrons. The second-order valence-electron chi connectivity index (χ2n) is 7.06. The Morgan fingerprint density at radius 1 is 1.07 bits per heavy atom. The van der Waals surface area contributed by atoms with Crippen LogP contribution in [0.5, 0.6) is 0 Å². The topological polar surface area (TPSA) is 46.6 Å². The molecule has 29 heavy (non-hydrogen) atoms. The van der Waals surface area contributed by atoms with Crippen molar-refractivity contribution in [3.8, 4) is 0 Å². The number of rotatable bonds is 7. The predicted octanol–water partition coefficient (Wildman–Crippen LogP) is 4.96. The molecule has 154 valence electrons. The van der Waals surface area contributed by atoms with Crippen molar-refractivity contribution in [3.05, 3.63) is 70.7 Å². The van der Waals surface area contributed by atoms with Gasteiger partial charge in [-0.3, -0.25) is 9.59 Å². The summed E-state index contributed by atoms with van der Waals surface area (Å²) in [6.07, 6.45) is 1.35. The summed E-state index contributed by atoms with van der Waals surface area (Å²) in [7, 11) is 0. The highest BCUT2D eigenvalue weighted by atomic mass is 35.5. The van der Waals surface area contributed by atoms with Crippen LogP contribution in [0.3, 0.4) is 0 Å². The maximum Gasteiger partial charge on any atom is 0.309 e. The monoisotopic (exact) mass is 431 g/mol. The Hall–Kier alpha value is -1.98. The maximum atomic E-state index is 12.8. The second-order valence-corrected chi connectivity index (χ2v) is 8.59. The fourth-order valence-electron chi connectivity index (χ4n) is 3.52. The van der Waals surface area contributed by atoms with E-state index in [4.69, 9.17) is 16.3 Å². The number of halogens is 1. The molecule has 6 heteroatoms. The molecule has 1 aliphatic rings. The number of thioether (sulfide) groups is 1. The zero-order valence-electron chi connectivity index (χ0n) is 16.6. The molecule has 1 aliphatic heterocycles. The number of likely N-dealkylation sites (tertiary alicyclic amines) is 1. The Morgan fingerprint density at radius 2 is 1.69 bits per heavy atom. The summed E-state index contributed by atoms with van der Waals surface area (Å²) >= 11 is 7.67. The van der Waals surface area contributed by atoms with Gasteiger partial charge in [0.1, 0.15) is 0 Å². The van der Waals surface area contributed by atoms with E-state index in [1.54, 1.807) is 11.8 Å². The van der Waals surface area contributed by atoms with E-state index in [0.717, 1.165) is 11.1 Å². The van der Waals surface area contributed by atoms with E-state index in [9.17, 15) is 9.59 Å². The fraction of sp³-hybridized carbons (Fsp3) is 0.391. The molecule has 0 saturated carbocycles. The van der Waals surface area contributed by atoms with Crippen molar-refractivity contribution in [2.75, 3.05) is 25.4 Å². The highest BCUT2D eigenvalue weighted by molar-refractivity contribution is 8.00. The Kier molecular flexibility index (Phi) is 8.01. The molecule has 1 amide bonds. The van der Waals surface area contributed by atoms with Crippen LogP contribution in [0.4, 0.5) is 0 Å². The van der Waals surface area contributed by atoms with Crippen molar-refractivity contribution in [2.45, 2.75) is 25.0 Å². The third-order valence-corrected chi connectivity index (χ3v) is 6.66. The van der Waals surface area contributed by atoms with Crippen molar-refractivity contribution >= 4 is 35.2 Å². The summed E-state index contributed by atoms with van der Waals surface area (Å²) in [6.45, 7) is 3.44. The number of benzene rings is 2. The lowest BCUT2D eigenvalue weighted by molar-refractivity contribution is -0.151. The normalized spacial score (nSPS) is 15.7. The zero-order valence-corrected chi connectivity index (χ0v) is 18.1. The Balaban J connectivity index is 1.60. The standard InChI is InChI=1S/C23H26ClNO3S/c1-2-28-23(27)19-12-14-25(15-13-19)21(26)16-29-22(17-6-4-3-5-7-17)18-8-10-20(24)11-9-18/h3-11,19,22H,2,12-16H2,1H3. The molecular weight excluding hydrogens is 406 g/mol. The second kappa shape index (κ2) is 10.7. The van der Waals surface area contributed by atoms with Crippen LogP contribution in [0.2, 0.25) is 5.02 Å². The van der Waals surface area contributed by atoms with Gasteiger partial charge in [0, 0.05) is 18.1 Å². The molecule has 2 aromatic rings. The van der Waals surface area contributed by atoms with Gasteiger partial charge in [0.05, 0.1) is 23.5 Å². The number of hydrogen-bond acceptors (Lipinski definition) is 4. The van der Waals surface area contributed by atoms with Gasteiger partial charge in [0.15, 0.2) is 0 Å². The molecule has 1 fully saturated rings. The van der Waals surface area contributed by atoms with Gasteiger partial charge in [0.2, 0.25) is 5.91 Å². The summed E-state index contributed by atoms with van der Waals surface area (Å²) in [4.78, 5) is 26.5. The molecular formula is C23H26ClNO3S. The molecule has 1 unspecified atom stereocenters. The van der Waals surface area contributed by atoms with Crippen LogP contribution in [-0.4, -0.2) is 42.2 Å². The quantitative estimate of drug-likeness (QED) is 0.581. The molecule has 0 aliphatic carbocycles. The molecule has 0 spiro atoms. The Morgan fingerprint density at radius 3 is 2.31 bits per heavy atom. The van der Waals surface area contributed by atoms with Gasteiger partial charge >= 0.3 is 5.97 Å². The number of ether oxygens (including phenoxy) is 1. The van der Waals surface area contributed by atoms with E-state index < -0.39 is 0 Å². The molecule has 1 atom stereocenters. The van der Waals surface area contributed by atoms with Crippen molar-refractivity contribution in [2.24, 2.45) is 5.92 Å². The number of amides is 1. The van der Waals surface area contributed by atoms with Gasteiger partial charge in [-0.05, 0) is 43.0 Å². The molecule has 1 saturated heterocycles. The van der Waals surface area contributed by atoms with Gasteiger partial charge < -0.3 is 9.64 Å². The highest BCUT2D eigenvalue weighted by Gasteiger charge is 2.28. The lowest BCUT2D eigenvalue weighted by Crippen LogP contribution is -2.41. The van der Waals surface area contributed by atoms with Gasteiger partial charge in [-0.15, -0.1) is 11.8 Å². The molecule has 0 N–H and O–H groups in total. The molecule has 0 aromatic heterocycles. The minimum absolute atomic E-state index is 0.0643. The minimum atomic E-state index is -0.138. The van der Waals surface area contributed by atoms with Crippen LogP contribution < -0.4 is 0 Å². The Bertz CT molecular complexity index is 805. The van der Waals surface area contributed by atoms with Crippen LogP contribution in [0.1, 0.15) is 36.1 Å². The number of carbonyl (C=O) groups excluding carboxylic acids is 2. The lowest BCUT2D eigenvalue weighted by Gasteiger charge is -2.31. The van der Waals surface area contributed by atoms with Gasteiger partial charge in [-0.1, -0.05) is 54.1 Å². The minimum Gasteiger partial charge on any atom is -0.466 e. The SMILES string of the molecule is CCOC(=O)C1CCN(C(=O)CSC(c2ccccc2)c2ccc(Cl)cc2)CC1. The van der Waals surface area contributed by atoms with Crippen molar-refractivity contribution in [1.29, 1.82) is 0 Å². The molecule has 2 aromatic carbocycles. The van der Waals surface area contributed by atoms with E-state index in [2.05, 4.69) is 12.1 Å². The summed E-state index contributed by atoms with van der Waals surface area (Å²) < 4.78 is 5.11. The van der Waals surface area contributed by atoms with E-state index in [1.165, 1.54) is 0 Å². The largest absolute Gasteiger partial charge is 0.466 e.